The van der Waals surface area contributed by atoms with Crippen LogP contribution in [-0.4, -0.2) is 16.6 Å². The number of carbonyl (C=O) groups is 1. The number of halogens is 1. The number of rotatable bonds is 3. The topological polar surface area (TPSA) is 63.3 Å². The molecule has 0 fully saturated rings. The zero-order valence-electron chi connectivity index (χ0n) is 7.93. The fraction of sp³-hybridized carbons (Fsp3) is 0.300. The molecule has 0 aliphatic carbocycles. The Kier molecular flexibility index (Phi) is 4.60. The van der Waals surface area contributed by atoms with Gasteiger partial charge in [-0.15, -0.1) is 12.4 Å². The van der Waals surface area contributed by atoms with Gasteiger partial charge >= 0.3 is 5.97 Å². The summed E-state index contributed by atoms with van der Waals surface area (Å²) in [6.45, 7) is 1.52. The molecular weight excluding hydrogens is 202 g/mol. The number of carboxylic acids is 1. The molecule has 0 heterocycles. The summed E-state index contributed by atoms with van der Waals surface area (Å²) in [7, 11) is 0. The van der Waals surface area contributed by atoms with Gasteiger partial charge in [-0.05, 0) is 12.5 Å². The number of benzene rings is 1. The highest BCUT2D eigenvalue weighted by Crippen LogP contribution is 2.10. The van der Waals surface area contributed by atoms with Gasteiger partial charge in [0.25, 0.3) is 0 Å². The molecule has 1 aromatic carbocycles. The average Bonchev–Trinajstić information content (AvgIpc) is 2.05. The Balaban J connectivity index is 0.00000169. The van der Waals surface area contributed by atoms with Crippen LogP contribution in [0.25, 0.3) is 0 Å². The van der Waals surface area contributed by atoms with Gasteiger partial charge in [-0.25, -0.2) is 0 Å². The van der Waals surface area contributed by atoms with Crippen molar-refractivity contribution in [2.24, 2.45) is 5.73 Å². The number of nitrogens with two attached hydrogens (primary N) is 1. The van der Waals surface area contributed by atoms with Crippen LogP contribution in [0.2, 0.25) is 0 Å². The Morgan fingerprint density at radius 2 is 1.93 bits per heavy atom. The van der Waals surface area contributed by atoms with Crippen molar-refractivity contribution in [1.82, 2.24) is 0 Å². The van der Waals surface area contributed by atoms with Crippen molar-refractivity contribution < 1.29 is 9.90 Å². The van der Waals surface area contributed by atoms with Gasteiger partial charge in [-0.2, -0.15) is 0 Å². The zero-order chi connectivity index (χ0) is 9.90. The summed E-state index contributed by atoms with van der Waals surface area (Å²) in [6.07, 6.45) is 0.350. The number of hydrogen-bond acceptors (Lipinski definition) is 2. The van der Waals surface area contributed by atoms with Crippen molar-refractivity contribution in [2.75, 3.05) is 0 Å². The van der Waals surface area contributed by atoms with Gasteiger partial charge in [0.05, 0.1) is 0 Å². The van der Waals surface area contributed by atoms with Crippen LogP contribution in [0.1, 0.15) is 12.5 Å². The Bertz CT molecular complexity index is 298. The normalized spacial score (nSPS) is 13.9. The molecule has 0 radical (unpaired) electrons. The lowest BCUT2D eigenvalue weighted by Crippen LogP contribution is -2.46. The van der Waals surface area contributed by atoms with Crippen LogP contribution in [-0.2, 0) is 11.2 Å². The van der Waals surface area contributed by atoms with E-state index in [0.29, 0.717) is 6.42 Å². The molecule has 0 saturated heterocycles. The summed E-state index contributed by atoms with van der Waals surface area (Å²) in [6, 6.07) is 9.36. The van der Waals surface area contributed by atoms with Crippen molar-refractivity contribution in [3.8, 4) is 0 Å². The fourth-order valence-corrected chi connectivity index (χ4v) is 1.10. The Morgan fingerprint density at radius 3 is 2.36 bits per heavy atom. The van der Waals surface area contributed by atoms with Crippen LogP contribution in [0.3, 0.4) is 0 Å². The van der Waals surface area contributed by atoms with E-state index in [2.05, 4.69) is 0 Å². The van der Waals surface area contributed by atoms with Gasteiger partial charge in [0.1, 0.15) is 5.54 Å². The van der Waals surface area contributed by atoms with Crippen LogP contribution in [0, 0.1) is 0 Å². The maximum Gasteiger partial charge on any atom is 0.323 e. The lowest BCUT2D eigenvalue weighted by Gasteiger charge is -2.18. The van der Waals surface area contributed by atoms with E-state index in [1.165, 1.54) is 6.92 Å². The average molecular weight is 216 g/mol. The van der Waals surface area contributed by atoms with Crippen LogP contribution >= 0.6 is 12.4 Å². The summed E-state index contributed by atoms with van der Waals surface area (Å²) in [5, 5.41) is 8.78. The van der Waals surface area contributed by atoms with Gasteiger partial charge in [0, 0.05) is 6.42 Å². The number of aliphatic carboxylic acids is 1. The van der Waals surface area contributed by atoms with E-state index < -0.39 is 11.5 Å². The van der Waals surface area contributed by atoms with Crippen molar-refractivity contribution in [3.63, 3.8) is 0 Å². The zero-order valence-corrected chi connectivity index (χ0v) is 8.75. The van der Waals surface area contributed by atoms with Crippen LogP contribution in [0.5, 0.6) is 0 Å². The lowest BCUT2D eigenvalue weighted by atomic mass is 9.94. The highest BCUT2D eigenvalue weighted by molar-refractivity contribution is 5.85. The fourth-order valence-electron chi connectivity index (χ4n) is 1.10. The Labute approximate surface area is 89.3 Å². The molecule has 0 amide bonds. The second kappa shape index (κ2) is 4.98. The smallest absolute Gasteiger partial charge is 0.323 e. The van der Waals surface area contributed by atoms with Gasteiger partial charge in [0.15, 0.2) is 0 Å². The molecule has 1 aromatic rings. The molecule has 1 rings (SSSR count). The SMILES string of the molecule is CC(N)(Cc1ccccc1)C(=O)O.Cl. The second-order valence-electron chi connectivity index (χ2n) is 3.38. The maximum absolute atomic E-state index is 10.7. The number of hydrogen-bond donors (Lipinski definition) is 2. The van der Waals surface area contributed by atoms with Crippen molar-refractivity contribution in [3.05, 3.63) is 35.9 Å². The molecule has 78 valence electrons. The third kappa shape index (κ3) is 3.36. The monoisotopic (exact) mass is 215 g/mol. The Hall–Kier alpha value is -1.06. The molecule has 14 heavy (non-hydrogen) atoms. The highest BCUT2D eigenvalue weighted by Gasteiger charge is 2.27. The maximum atomic E-state index is 10.7. The standard InChI is InChI=1S/C10H13NO2.ClH/c1-10(11,9(12)13)7-8-5-3-2-4-6-8;/h2-6H,7,11H2,1H3,(H,12,13);1H. The second-order valence-corrected chi connectivity index (χ2v) is 3.38. The van der Waals surface area contributed by atoms with E-state index in [-0.39, 0.29) is 12.4 Å². The van der Waals surface area contributed by atoms with E-state index in [1.54, 1.807) is 0 Å². The molecule has 0 aromatic heterocycles. The van der Waals surface area contributed by atoms with Crippen LogP contribution in [0.15, 0.2) is 30.3 Å². The molecule has 0 aliphatic rings. The minimum absolute atomic E-state index is 0. The first-order valence-corrected chi connectivity index (χ1v) is 4.08. The molecule has 1 atom stereocenters. The molecule has 3 nitrogen and oxygen atoms in total. The van der Waals surface area contributed by atoms with Crippen molar-refractivity contribution in [2.45, 2.75) is 18.9 Å². The highest BCUT2D eigenvalue weighted by atomic mass is 35.5. The first-order chi connectivity index (χ1) is 6.02. The largest absolute Gasteiger partial charge is 0.480 e. The van der Waals surface area contributed by atoms with Crippen molar-refractivity contribution >= 4 is 18.4 Å². The molecule has 3 N–H and O–H groups in total. The first-order valence-electron chi connectivity index (χ1n) is 4.08. The van der Waals surface area contributed by atoms with E-state index in [4.69, 9.17) is 10.8 Å². The summed E-state index contributed by atoms with van der Waals surface area (Å²) < 4.78 is 0. The minimum Gasteiger partial charge on any atom is -0.480 e. The summed E-state index contributed by atoms with van der Waals surface area (Å²) in [4.78, 5) is 10.7. The van der Waals surface area contributed by atoms with Gasteiger partial charge in [-0.1, -0.05) is 30.3 Å². The summed E-state index contributed by atoms with van der Waals surface area (Å²) >= 11 is 0. The third-order valence-corrected chi connectivity index (χ3v) is 1.90. The van der Waals surface area contributed by atoms with Gasteiger partial charge < -0.3 is 10.8 Å². The first kappa shape index (κ1) is 12.9. The van der Waals surface area contributed by atoms with E-state index in [9.17, 15) is 4.79 Å². The molecule has 0 aliphatic heterocycles. The predicted octanol–water partition coefficient (Wildman–Crippen LogP) is 1.45. The molecular formula is C10H14ClNO2. The summed E-state index contributed by atoms with van der Waals surface area (Å²) in [5.74, 6) is -0.976. The van der Waals surface area contributed by atoms with Crippen molar-refractivity contribution in [1.29, 1.82) is 0 Å². The molecule has 0 bridgehead atoms. The number of carboxylic acid groups (broad SMARTS) is 1. The lowest BCUT2D eigenvalue weighted by molar-refractivity contribution is -0.142. The van der Waals surface area contributed by atoms with E-state index in [0.717, 1.165) is 5.56 Å². The molecule has 0 saturated carbocycles. The van der Waals surface area contributed by atoms with E-state index >= 15 is 0 Å². The summed E-state index contributed by atoms with van der Waals surface area (Å²) in [5.41, 5.74) is 5.35. The van der Waals surface area contributed by atoms with E-state index in [1.807, 2.05) is 30.3 Å². The quantitative estimate of drug-likeness (QED) is 0.802. The molecule has 0 spiro atoms. The minimum atomic E-state index is -1.18. The Morgan fingerprint density at radius 1 is 1.43 bits per heavy atom. The molecule has 4 heteroatoms. The van der Waals surface area contributed by atoms with Crippen LogP contribution < -0.4 is 5.73 Å². The van der Waals surface area contributed by atoms with Gasteiger partial charge in [-0.3, -0.25) is 4.79 Å². The molecule has 1 unspecified atom stereocenters. The van der Waals surface area contributed by atoms with Crippen LogP contribution in [0.4, 0.5) is 0 Å². The third-order valence-electron chi connectivity index (χ3n) is 1.90. The van der Waals surface area contributed by atoms with Gasteiger partial charge in [0.2, 0.25) is 0 Å². The predicted molar refractivity (Wildman–Crippen MR) is 57.6 cm³/mol.